The molecule has 5 heteroatoms. The minimum Gasteiger partial charge on any atom is -0.326 e. The maximum absolute atomic E-state index is 11.2. The Balaban J connectivity index is 2.79. The molecule has 1 saturated heterocycles. The van der Waals surface area contributed by atoms with Crippen LogP contribution in [0.25, 0.3) is 0 Å². The van der Waals surface area contributed by atoms with Crippen LogP contribution in [-0.4, -0.2) is 46.3 Å². The number of alkyl halides is 1. The van der Waals surface area contributed by atoms with Gasteiger partial charge in [0.1, 0.15) is 3.92 Å². The topological polar surface area (TPSA) is 40.6 Å². The van der Waals surface area contributed by atoms with Crippen LogP contribution in [0.5, 0.6) is 0 Å². The first-order chi connectivity index (χ1) is 5.04. The number of carbonyl (C=O) groups is 2. The summed E-state index contributed by atoms with van der Waals surface area (Å²) in [5.41, 5.74) is 0. The highest BCUT2D eigenvalue weighted by molar-refractivity contribution is 14.1. The van der Waals surface area contributed by atoms with Crippen molar-refractivity contribution in [1.82, 2.24) is 9.80 Å². The third-order valence-electron chi connectivity index (χ3n) is 1.65. The summed E-state index contributed by atoms with van der Waals surface area (Å²) in [6.45, 7) is 0.516. The molecule has 0 bridgehead atoms. The Morgan fingerprint density at radius 3 is 2.55 bits per heavy atom. The van der Waals surface area contributed by atoms with E-state index in [4.69, 9.17) is 0 Å². The molecular weight excluding hydrogens is 259 g/mol. The van der Waals surface area contributed by atoms with Crippen molar-refractivity contribution in [1.29, 1.82) is 0 Å². The van der Waals surface area contributed by atoms with Gasteiger partial charge in [0, 0.05) is 20.6 Å². The molecule has 1 aliphatic rings. The quantitative estimate of drug-likeness (QED) is 0.468. The highest BCUT2D eigenvalue weighted by Gasteiger charge is 2.32. The molecule has 0 aliphatic carbocycles. The standard InChI is InChI=1S/C6H9IN2O2/c1-8-3-4(7)5(10)9(2)6(8)11/h4H,3H2,1-2H3. The number of amides is 3. The van der Waals surface area contributed by atoms with Gasteiger partial charge in [-0.2, -0.15) is 0 Å². The van der Waals surface area contributed by atoms with Gasteiger partial charge in [0.2, 0.25) is 5.91 Å². The molecule has 1 atom stereocenters. The molecule has 62 valence electrons. The second kappa shape index (κ2) is 2.96. The van der Waals surface area contributed by atoms with E-state index in [0.29, 0.717) is 6.54 Å². The fourth-order valence-corrected chi connectivity index (χ4v) is 1.97. The highest BCUT2D eigenvalue weighted by atomic mass is 127. The Hall–Kier alpha value is -0.330. The molecule has 0 spiro atoms. The van der Waals surface area contributed by atoms with Crippen molar-refractivity contribution in [3.63, 3.8) is 0 Å². The van der Waals surface area contributed by atoms with Crippen LogP contribution in [0.3, 0.4) is 0 Å². The summed E-state index contributed by atoms with van der Waals surface area (Å²) in [5.74, 6) is -0.103. The summed E-state index contributed by atoms with van der Waals surface area (Å²) in [7, 11) is 3.20. The number of hydrogen-bond acceptors (Lipinski definition) is 2. The van der Waals surface area contributed by atoms with Gasteiger partial charge in [-0.05, 0) is 0 Å². The number of imide groups is 1. The van der Waals surface area contributed by atoms with Crippen LogP contribution in [0.1, 0.15) is 0 Å². The molecule has 1 rings (SSSR count). The summed E-state index contributed by atoms with van der Waals surface area (Å²) in [4.78, 5) is 25.0. The second-order valence-corrected chi connectivity index (χ2v) is 4.03. The lowest BCUT2D eigenvalue weighted by Gasteiger charge is -2.31. The predicted molar refractivity (Wildman–Crippen MR) is 48.6 cm³/mol. The Bertz CT molecular complexity index is 187. The zero-order chi connectivity index (χ0) is 8.59. The maximum atomic E-state index is 11.2. The molecule has 1 aliphatic heterocycles. The van der Waals surface area contributed by atoms with E-state index in [2.05, 4.69) is 0 Å². The van der Waals surface area contributed by atoms with Crippen molar-refractivity contribution in [2.24, 2.45) is 0 Å². The van der Waals surface area contributed by atoms with Crippen molar-refractivity contribution < 1.29 is 9.59 Å². The van der Waals surface area contributed by atoms with Gasteiger partial charge < -0.3 is 4.90 Å². The average molecular weight is 268 g/mol. The van der Waals surface area contributed by atoms with E-state index in [1.165, 1.54) is 7.05 Å². The zero-order valence-electron chi connectivity index (χ0n) is 6.37. The predicted octanol–water partition coefficient (Wildman–Crippen LogP) is 0.314. The summed E-state index contributed by atoms with van der Waals surface area (Å²) < 4.78 is -0.0969. The molecule has 0 aromatic heterocycles. The maximum Gasteiger partial charge on any atom is 0.326 e. The third kappa shape index (κ3) is 1.47. The fourth-order valence-electron chi connectivity index (χ4n) is 0.957. The lowest BCUT2D eigenvalue weighted by atomic mass is 10.3. The summed E-state index contributed by atoms with van der Waals surface area (Å²) in [6, 6.07) is -0.220. The molecule has 0 saturated carbocycles. The lowest BCUT2D eigenvalue weighted by molar-refractivity contribution is -0.128. The van der Waals surface area contributed by atoms with E-state index in [0.717, 1.165) is 4.90 Å². The molecule has 0 aromatic carbocycles. The first kappa shape index (κ1) is 8.76. The van der Waals surface area contributed by atoms with Crippen LogP contribution in [0.15, 0.2) is 0 Å². The molecule has 11 heavy (non-hydrogen) atoms. The first-order valence-electron chi connectivity index (χ1n) is 3.20. The molecule has 4 nitrogen and oxygen atoms in total. The van der Waals surface area contributed by atoms with Crippen molar-refractivity contribution in [3.8, 4) is 0 Å². The van der Waals surface area contributed by atoms with Crippen molar-refractivity contribution in [3.05, 3.63) is 0 Å². The number of rotatable bonds is 0. The van der Waals surface area contributed by atoms with Gasteiger partial charge in [0.05, 0.1) is 0 Å². The fraction of sp³-hybridized carbons (Fsp3) is 0.667. The number of carbonyl (C=O) groups excluding carboxylic acids is 2. The normalized spacial score (nSPS) is 26.3. The average Bonchev–Trinajstić information content (AvgIpc) is 1.97. The number of urea groups is 1. The van der Waals surface area contributed by atoms with Crippen LogP contribution in [0, 0.1) is 0 Å². The Kier molecular flexibility index (Phi) is 2.36. The first-order valence-corrected chi connectivity index (χ1v) is 4.45. The lowest BCUT2D eigenvalue weighted by Crippen LogP contribution is -2.54. The molecule has 1 unspecified atom stereocenters. The molecule has 1 fully saturated rings. The van der Waals surface area contributed by atoms with E-state index in [-0.39, 0.29) is 15.9 Å². The number of hydrogen-bond donors (Lipinski definition) is 0. The van der Waals surface area contributed by atoms with Gasteiger partial charge in [-0.1, -0.05) is 22.6 Å². The Morgan fingerprint density at radius 2 is 2.00 bits per heavy atom. The monoisotopic (exact) mass is 268 g/mol. The van der Waals surface area contributed by atoms with E-state index in [9.17, 15) is 9.59 Å². The van der Waals surface area contributed by atoms with E-state index >= 15 is 0 Å². The third-order valence-corrected chi connectivity index (χ3v) is 2.57. The van der Waals surface area contributed by atoms with Gasteiger partial charge in [0.15, 0.2) is 0 Å². The van der Waals surface area contributed by atoms with Crippen LogP contribution in [0.2, 0.25) is 0 Å². The van der Waals surface area contributed by atoms with Gasteiger partial charge >= 0.3 is 6.03 Å². The summed E-state index contributed by atoms with van der Waals surface area (Å²) in [6.07, 6.45) is 0. The van der Waals surface area contributed by atoms with Crippen molar-refractivity contribution in [2.75, 3.05) is 20.6 Å². The molecule has 3 amide bonds. The summed E-state index contributed by atoms with van der Waals surface area (Å²) >= 11 is 2.04. The molecule has 0 radical (unpaired) electrons. The molecule has 1 heterocycles. The van der Waals surface area contributed by atoms with Crippen LogP contribution >= 0.6 is 22.6 Å². The molecule has 0 aromatic rings. The minimum atomic E-state index is -0.220. The molecular formula is C6H9IN2O2. The Labute approximate surface area is 78.7 Å². The summed E-state index contributed by atoms with van der Waals surface area (Å²) in [5, 5.41) is 0. The van der Waals surface area contributed by atoms with Gasteiger partial charge in [0.25, 0.3) is 0 Å². The Morgan fingerprint density at radius 1 is 1.45 bits per heavy atom. The van der Waals surface area contributed by atoms with Crippen molar-refractivity contribution in [2.45, 2.75) is 3.92 Å². The van der Waals surface area contributed by atoms with Crippen molar-refractivity contribution >= 4 is 34.5 Å². The van der Waals surface area contributed by atoms with Crippen LogP contribution < -0.4 is 0 Å². The van der Waals surface area contributed by atoms with Gasteiger partial charge in [-0.3, -0.25) is 9.69 Å². The zero-order valence-corrected chi connectivity index (χ0v) is 8.53. The number of halogens is 1. The van der Waals surface area contributed by atoms with Crippen LogP contribution in [0.4, 0.5) is 4.79 Å². The van der Waals surface area contributed by atoms with Gasteiger partial charge in [-0.25, -0.2) is 4.79 Å². The van der Waals surface area contributed by atoms with E-state index in [1.807, 2.05) is 22.6 Å². The van der Waals surface area contributed by atoms with Crippen LogP contribution in [-0.2, 0) is 4.79 Å². The smallest absolute Gasteiger partial charge is 0.326 e. The minimum absolute atomic E-state index is 0.0969. The van der Waals surface area contributed by atoms with E-state index in [1.54, 1.807) is 11.9 Å². The van der Waals surface area contributed by atoms with E-state index < -0.39 is 0 Å². The van der Waals surface area contributed by atoms with Gasteiger partial charge in [-0.15, -0.1) is 0 Å². The highest BCUT2D eigenvalue weighted by Crippen LogP contribution is 2.13. The second-order valence-electron chi connectivity index (χ2n) is 2.53. The number of nitrogens with zero attached hydrogens (tertiary/aromatic N) is 2. The molecule has 0 N–H and O–H groups in total. The largest absolute Gasteiger partial charge is 0.326 e. The SMILES string of the molecule is CN1CC(I)C(=O)N(C)C1=O.